The van der Waals surface area contributed by atoms with Gasteiger partial charge in [0.15, 0.2) is 0 Å². The second-order valence-corrected chi connectivity index (χ2v) is 4.27. The van der Waals surface area contributed by atoms with Crippen molar-refractivity contribution < 1.29 is 9.84 Å². The van der Waals surface area contributed by atoms with Gasteiger partial charge in [-0.2, -0.15) is 0 Å². The predicted molar refractivity (Wildman–Crippen MR) is 68.7 cm³/mol. The number of anilines is 1. The average Bonchev–Trinajstić information content (AvgIpc) is 2.40. The summed E-state index contributed by atoms with van der Waals surface area (Å²) < 4.78 is 5.25. The summed E-state index contributed by atoms with van der Waals surface area (Å²) in [6.45, 7) is 3.11. The van der Waals surface area contributed by atoms with Gasteiger partial charge < -0.3 is 20.1 Å². The normalized spacial score (nSPS) is 20.4. The monoisotopic (exact) mass is 236 g/mol. The van der Waals surface area contributed by atoms with E-state index in [2.05, 4.69) is 22.3 Å². The van der Waals surface area contributed by atoms with Crippen LogP contribution < -0.4 is 15.0 Å². The van der Waals surface area contributed by atoms with Crippen LogP contribution in [0, 0.1) is 0 Å². The molecule has 94 valence electrons. The third-order valence-corrected chi connectivity index (χ3v) is 3.20. The molecule has 0 aromatic heterocycles. The van der Waals surface area contributed by atoms with Gasteiger partial charge in [0.25, 0.3) is 0 Å². The molecule has 1 atom stereocenters. The summed E-state index contributed by atoms with van der Waals surface area (Å²) in [5.74, 6) is 0.879. The molecule has 1 aliphatic heterocycles. The van der Waals surface area contributed by atoms with Crippen LogP contribution in [0.25, 0.3) is 0 Å². The number of hydrogen-bond donors (Lipinski definition) is 2. The van der Waals surface area contributed by atoms with Gasteiger partial charge in [-0.15, -0.1) is 0 Å². The Labute approximate surface area is 102 Å². The van der Waals surface area contributed by atoms with Crippen LogP contribution in [0.4, 0.5) is 5.69 Å². The van der Waals surface area contributed by atoms with Gasteiger partial charge >= 0.3 is 0 Å². The number of aliphatic hydroxyl groups is 1. The number of nitrogens with zero attached hydrogens (tertiary/aromatic N) is 1. The van der Waals surface area contributed by atoms with Gasteiger partial charge in [-0.05, 0) is 18.6 Å². The van der Waals surface area contributed by atoms with Crippen molar-refractivity contribution in [2.45, 2.75) is 12.5 Å². The lowest BCUT2D eigenvalue weighted by Crippen LogP contribution is -2.51. The van der Waals surface area contributed by atoms with Crippen LogP contribution in [0.2, 0.25) is 0 Å². The molecule has 0 aliphatic carbocycles. The van der Waals surface area contributed by atoms with Crippen molar-refractivity contribution in [3.8, 4) is 5.75 Å². The van der Waals surface area contributed by atoms with Crippen molar-refractivity contribution in [2.24, 2.45) is 0 Å². The van der Waals surface area contributed by atoms with Gasteiger partial charge in [0, 0.05) is 44.0 Å². The summed E-state index contributed by atoms with van der Waals surface area (Å²) in [6, 6.07) is 8.47. The van der Waals surface area contributed by atoms with Crippen molar-refractivity contribution in [3.63, 3.8) is 0 Å². The molecule has 1 saturated heterocycles. The quantitative estimate of drug-likeness (QED) is 0.813. The molecule has 1 aliphatic rings. The lowest BCUT2D eigenvalue weighted by atomic mass is 10.1. The molecule has 0 radical (unpaired) electrons. The third-order valence-electron chi connectivity index (χ3n) is 3.20. The topological polar surface area (TPSA) is 44.7 Å². The Bertz CT molecular complexity index is 355. The molecule has 17 heavy (non-hydrogen) atoms. The number of hydrogen-bond acceptors (Lipinski definition) is 4. The Morgan fingerprint density at radius 1 is 1.53 bits per heavy atom. The van der Waals surface area contributed by atoms with Crippen LogP contribution >= 0.6 is 0 Å². The van der Waals surface area contributed by atoms with Crippen molar-refractivity contribution in [1.82, 2.24) is 5.32 Å². The first-order valence-electron chi connectivity index (χ1n) is 6.07. The molecule has 0 amide bonds. The van der Waals surface area contributed by atoms with Gasteiger partial charge in [0.2, 0.25) is 0 Å². The lowest BCUT2D eigenvalue weighted by Gasteiger charge is -2.38. The van der Waals surface area contributed by atoms with Crippen LogP contribution in [0.1, 0.15) is 6.42 Å². The molecule has 0 saturated carbocycles. The average molecular weight is 236 g/mol. The maximum atomic E-state index is 9.10. The molecule has 1 aromatic rings. The maximum Gasteiger partial charge on any atom is 0.120 e. The number of ether oxygens (including phenoxy) is 1. The fourth-order valence-corrected chi connectivity index (χ4v) is 2.30. The molecule has 0 spiro atoms. The largest absolute Gasteiger partial charge is 0.497 e. The Balaban J connectivity index is 2.16. The van der Waals surface area contributed by atoms with Crippen LogP contribution in [0.15, 0.2) is 24.3 Å². The Hall–Kier alpha value is -1.26. The summed E-state index contributed by atoms with van der Waals surface area (Å²) in [7, 11) is 1.68. The molecule has 2 rings (SSSR count). The van der Waals surface area contributed by atoms with Crippen molar-refractivity contribution in [1.29, 1.82) is 0 Å². The molecule has 1 heterocycles. The van der Waals surface area contributed by atoms with Gasteiger partial charge in [-0.25, -0.2) is 0 Å². The van der Waals surface area contributed by atoms with Gasteiger partial charge in [0.05, 0.1) is 7.11 Å². The highest BCUT2D eigenvalue weighted by atomic mass is 16.5. The highest BCUT2D eigenvalue weighted by molar-refractivity contribution is 5.52. The SMILES string of the molecule is COc1cccc(N2CCNCC2CCO)c1. The van der Waals surface area contributed by atoms with Crippen LogP contribution in [-0.2, 0) is 0 Å². The van der Waals surface area contributed by atoms with Gasteiger partial charge in [-0.3, -0.25) is 0 Å². The molecular formula is C13H20N2O2. The Morgan fingerprint density at radius 2 is 2.41 bits per heavy atom. The molecule has 4 nitrogen and oxygen atoms in total. The Kier molecular flexibility index (Phi) is 4.23. The van der Waals surface area contributed by atoms with Crippen LogP contribution in [-0.4, -0.2) is 44.5 Å². The van der Waals surface area contributed by atoms with E-state index in [1.165, 1.54) is 5.69 Å². The van der Waals surface area contributed by atoms with E-state index in [4.69, 9.17) is 9.84 Å². The van der Waals surface area contributed by atoms with Crippen molar-refractivity contribution >= 4 is 5.69 Å². The van der Waals surface area contributed by atoms with Crippen LogP contribution in [0.3, 0.4) is 0 Å². The fourth-order valence-electron chi connectivity index (χ4n) is 2.30. The highest BCUT2D eigenvalue weighted by Crippen LogP contribution is 2.24. The number of aliphatic hydroxyl groups excluding tert-OH is 1. The summed E-state index contributed by atoms with van der Waals surface area (Å²) in [4.78, 5) is 2.34. The summed E-state index contributed by atoms with van der Waals surface area (Å²) >= 11 is 0. The standard InChI is InChI=1S/C13H20N2O2/c1-17-13-4-2-3-11(9-13)15-7-6-14-10-12(15)5-8-16/h2-4,9,12,14,16H,5-8,10H2,1H3. The predicted octanol–water partition coefficient (Wildman–Crippen LogP) is 0.856. The zero-order valence-electron chi connectivity index (χ0n) is 10.2. The van der Waals surface area contributed by atoms with Crippen molar-refractivity contribution in [2.75, 3.05) is 38.3 Å². The minimum Gasteiger partial charge on any atom is -0.497 e. The van der Waals surface area contributed by atoms with Crippen LogP contribution in [0.5, 0.6) is 5.75 Å². The van der Waals surface area contributed by atoms with E-state index in [-0.39, 0.29) is 6.61 Å². The smallest absolute Gasteiger partial charge is 0.120 e. The van der Waals surface area contributed by atoms with E-state index < -0.39 is 0 Å². The fraction of sp³-hybridized carbons (Fsp3) is 0.538. The van der Waals surface area contributed by atoms with Gasteiger partial charge in [-0.1, -0.05) is 6.07 Å². The first-order chi connectivity index (χ1) is 8.35. The second-order valence-electron chi connectivity index (χ2n) is 4.27. The highest BCUT2D eigenvalue weighted by Gasteiger charge is 2.21. The van der Waals surface area contributed by atoms with E-state index in [9.17, 15) is 0 Å². The van der Waals surface area contributed by atoms with E-state index in [1.54, 1.807) is 7.11 Å². The minimum atomic E-state index is 0.229. The molecule has 1 aromatic carbocycles. The number of rotatable bonds is 4. The van der Waals surface area contributed by atoms with E-state index in [0.29, 0.717) is 6.04 Å². The first-order valence-corrected chi connectivity index (χ1v) is 6.07. The molecule has 0 bridgehead atoms. The maximum absolute atomic E-state index is 9.10. The minimum absolute atomic E-state index is 0.229. The van der Waals surface area contributed by atoms with Gasteiger partial charge in [0.1, 0.15) is 5.75 Å². The summed E-state index contributed by atoms with van der Waals surface area (Å²) in [5, 5.41) is 12.5. The zero-order valence-corrected chi connectivity index (χ0v) is 10.2. The number of benzene rings is 1. The van der Waals surface area contributed by atoms with E-state index >= 15 is 0 Å². The van der Waals surface area contributed by atoms with E-state index in [0.717, 1.165) is 31.8 Å². The number of nitrogens with one attached hydrogen (secondary N) is 1. The first kappa shape index (κ1) is 12.2. The van der Waals surface area contributed by atoms with E-state index in [1.807, 2.05) is 12.1 Å². The molecule has 1 fully saturated rings. The number of piperazine rings is 1. The molecule has 1 unspecified atom stereocenters. The number of methoxy groups -OCH3 is 1. The summed E-state index contributed by atoms with van der Waals surface area (Å²) in [5.41, 5.74) is 1.17. The molecular weight excluding hydrogens is 216 g/mol. The lowest BCUT2D eigenvalue weighted by molar-refractivity contribution is 0.266. The van der Waals surface area contributed by atoms with Crippen molar-refractivity contribution in [3.05, 3.63) is 24.3 Å². The zero-order chi connectivity index (χ0) is 12.1. The Morgan fingerprint density at radius 3 is 3.18 bits per heavy atom. The third kappa shape index (κ3) is 2.90. The summed E-state index contributed by atoms with van der Waals surface area (Å²) in [6.07, 6.45) is 0.796. The molecule has 4 heteroatoms. The molecule has 2 N–H and O–H groups in total. The second kappa shape index (κ2) is 5.89.